The topological polar surface area (TPSA) is 71.1 Å². The van der Waals surface area contributed by atoms with Crippen molar-refractivity contribution in [2.45, 2.75) is 13.0 Å². The maximum Gasteiger partial charge on any atom is 0.129 e. The fourth-order valence-corrected chi connectivity index (χ4v) is 2.62. The number of anilines is 2. The van der Waals surface area contributed by atoms with E-state index in [0.29, 0.717) is 10.6 Å². The summed E-state index contributed by atoms with van der Waals surface area (Å²) in [7, 11) is 1.65. The van der Waals surface area contributed by atoms with Crippen LogP contribution in [0.15, 0.2) is 30.3 Å². The zero-order chi connectivity index (χ0) is 13.8. The molecule has 0 aliphatic rings. The van der Waals surface area contributed by atoms with Crippen molar-refractivity contribution in [1.82, 2.24) is 0 Å². The molecule has 1 atom stereocenters. The summed E-state index contributed by atoms with van der Waals surface area (Å²) in [5, 5.41) is 13.1. The van der Waals surface area contributed by atoms with Gasteiger partial charge in [-0.15, -0.1) is 11.3 Å². The molecule has 0 radical (unpaired) electrons. The van der Waals surface area contributed by atoms with Crippen LogP contribution in [-0.2, 0) is 0 Å². The predicted molar refractivity (Wildman–Crippen MR) is 78.5 cm³/mol. The fourth-order valence-electron chi connectivity index (χ4n) is 1.75. The lowest BCUT2D eigenvalue weighted by atomic mass is 10.1. The van der Waals surface area contributed by atoms with Gasteiger partial charge in [0.25, 0.3) is 0 Å². The summed E-state index contributed by atoms with van der Waals surface area (Å²) in [5.74, 6) is 0.836. The number of benzene rings is 1. The van der Waals surface area contributed by atoms with E-state index in [2.05, 4.69) is 18.3 Å². The van der Waals surface area contributed by atoms with E-state index < -0.39 is 0 Å². The number of nitrogen functional groups attached to an aromatic ring is 1. The Morgan fingerprint density at radius 1 is 1.37 bits per heavy atom. The molecule has 4 nitrogen and oxygen atoms in total. The maximum absolute atomic E-state index is 8.88. The Kier molecular flexibility index (Phi) is 3.93. The average Bonchev–Trinajstić information content (AvgIpc) is 2.78. The van der Waals surface area contributed by atoms with Crippen molar-refractivity contribution in [3.05, 3.63) is 40.8 Å². The summed E-state index contributed by atoms with van der Waals surface area (Å²) < 4.78 is 5.13. The largest absolute Gasteiger partial charge is 0.497 e. The first-order chi connectivity index (χ1) is 9.13. The first-order valence-electron chi connectivity index (χ1n) is 5.84. The van der Waals surface area contributed by atoms with Crippen molar-refractivity contribution in [2.24, 2.45) is 0 Å². The minimum Gasteiger partial charge on any atom is -0.497 e. The van der Waals surface area contributed by atoms with Gasteiger partial charge in [0, 0.05) is 6.04 Å². The third-order valence-electron chi connectivity index (χ3n) is 2.84. The number of nitriles is 1. The Labute approximate surface area is 116 Å². The second kappa shape index (κ2) is 5.63. The molecule has 0 aliphatic carbocycles. The lowest BCUT2D eigenvalue weighted by Crippen LogP contribution is -2.05. The van der Waals surface area contributed by atoms with Gasteiger partial charge in [0.2, 0.25) is 0 Å². The normalized spacial score (nSPS) is 11.6. The molecular weight excluding hydrogens is 258 g/mol. The third kappa shape index (κ3) is 2.98. The van der Waals surface area contributed by atoms with Gasteiger partial charge in [-0.05, 0) is 30.7 Å². The standard InChI is InChI=1S/C14H15N3OS/c1-9(10-3-5-11(18-2)6-4-10)17-14-7-12(16)13(8-15)19-14/h3-7,9,17H,16H2,1-2H3. The van der Waals surface area contributed by atoms with E-state index in [1.807, 2.05) is 24.3 Å². The molecule has 1 unspecified atom stereocenters. The first-order valence-corrected chi connectivity index (χ1v) is 6.65. The zero-order valence-electron chi connectivity index (χ0n) is 10.8. The summed E-state index contributed by atoms with van der Waals surface area (Å²) in [6.07, 6.45) is 0. The highest BCUT2D eigenvalue weighted by Crippen LogP contribution is 2.31. The Bertz CT molecular complexity index is 598. The fraction of sp³-hybridized carbons (Fsp3) is 0.214. The van der Waals surface area contributed by atoms with Gasteiger partial charge >= 0.3 is 0 Å². The summed E-state index contributed by atoms with van der Waals surface area (Å²) in [6.45, 7) is 2.06. The van der Waals surface area contributed by atoms with E-state index in [-0.39, 0.29) is 6.04 Å². The smallest absolute Gasteiger partial charge is 0.129 e. The Balaban J connectivity index is 2.11. The number of methoxy groups -OCH3 is 1. The average molecular weight is 273 g/mol. The van der Waals surface area contributed by atoms with Crippen LogP contribution >= 0.6 is 11.3 Å². The Hall–Kier alpha value is -2.19. The molecule has 0 amide bonds. The molecule has 0 aliphatic heterocycles. The summed E-state index contributed by atoms with van der Waals surface area (Å²) in [6, 6.07) is 11.9. The molecule has 0 spiro atoms. The van der Waals surface area contributed by atoms with Crippen molar-refractivity contribution in [3.8, 4) is 11.8 Å². The van der Waals surface area contributed by atoms with Crippen LogP contribution in [0.5, 0.6) is 5.75 Å². The van der Waals surface area contributed by atoms with E-state index in [0.717, 1.165) is 16.3 Å². The van der Waals surface area contributed by atoms with E-state index in [1.54, 1.807) is 13.2 Å². The van der Waals surface area contributed by atoms with Gasteiger partial charge in [-0.3, -0.25) is 0 Å². The molecule has 2 aromatic rings. The quantitative estimate of drug-likeness (QED) is 0.895. The van der Waals surface area contributed by atoms with Crippen molar-refractivity contribution < 1.29 is 4.74 Å². The van der Waals surface area contributed by atoms with Gasteiger partial charge in [0.05, 0.1) is 17.8 Å². The number of thiophene rings is 1. The molecule has 0 saturated heterocycles. The molecule has 5 heteroatoms. The number of nitrogens with one attached hydrogen (secondary N) is 1. The van der Waals surface area contributed by atoms with Crippen molar-refractivity contribution >= 4 is 22.0 Å². The third-order valence-corrected chi connectivity index (χ3v) is 3.82. The number of nitrogens with two attached hydrogens (primary N) is 1. The minimum atomic E-state index is 0.135. The Morgan fingerprint density at radius 2 is 2.05 bits per heavy atom. The number of rotatable bonds is 4. The highest BCUT2D eigenvalue weighted by molar-refractivity contribution is 7.17. The molecular formula is C14H15N3OS. The second-order valence-electron chi connectivity index (χ2n) is 4.15. The zero-order valence-corrected chi connectivity index (χ0v) is 11.6. The van der Waals surface area contributed by atoms with Crippen molar-refractivity contribution in [3.63, 3.8) is 0 Å². The minimum absolute atomic E-state index is 0.135. The summed E-state index contributed by atoms with van der Waals surface area (Å²) in [5.41, 5.74) is 7.41. The van der Waals surface area contributed by atoms with Gasteiger partial charge < -0.3 is 15.8 Å². The molecule has 0 bridgehead atoms. The van der Waals surface area contributed by atoms with Crippen LogP contribution in [0, 0.1) is 11.3 Å². The van der Waals surface area contributed by atoms with Crippen LogP contribution in [0.1, 0.15) is 23.4 Å². The van der Waals surface area contributed by atoms with Crippen LogP contribution in [0.4, 0.5) is 10.7 Å². The van der Waals surface area contributed by atoms with Crippen LogP contribution in [0.2, 0.25) is 0 Å². The summed E-state index contributed by atoms with van der Waals surface area (Å²) >= 11 is 1.37. The number of ether oxygens (including phenoxy) is 1. The molecule has 0 fully saturated rings. The van der Waals surface area contributed by atoms with Crippen molar-refractivity contribution in [1.29, 1.82) is 5.26 Å². The molecule has 3 N–H and O–H groups in total. The molecule has 19 heavy (non-hydrogen) atoms. The molecule has 2 rings (SSSR count). The van der Waals surface area contributed by atoms with Crippen molar-refractivity contribution in [2.75, 3.05) is 18.2 Å². The highest BCUT2D eigenvalue weighted by Gasteiger charge is 2.10. The Morgan fingerprint density at radius 3 is 2.58 bits per heavy atom. The second-order valence-corrected chi connectivity index (χ2v) is 5.20. The molecule has 1 aromatic heterocycles. The first kappa shape index (κ1) is 13.2. The molecule has 0 saturated carbocycles. The lowest BCUT2D eigenvalue weighted by molar-refractivity contribution is 0.414. The van der Waals surface area contributed by atoms with E-state index in [4.69, 9.17) is 15.7 Å². The van der Waals surface area contributed by atoms with E-state index in [9.17, 15) is 0 Å². The van der Waals surface area contributed by atoms with Gasteiger partial charge in [0.1, 0.15) is 16.7 Å². The lowest BCUT2D eigenvalue weighted by Gasteiger charge is -2.14. The van der Waals surface area contributed by atoms with Crippen LogP contribution in [0.25, 0.3) is 0 Å². The van der Waals surface area contributed by atoms with Gasteiger partial charge in [0.15, 0.2) is 0 Å². The molecule has 1 heterocycles. The van der Waals surface area contributed by atoms with E-state index in [1.165, 1.54) is 11.3 Å². The SMILES string of the molecule is COc1ccc(C(C)Nc2cc(N)c(C#N)s2)cc1. The van der Waals surface area contributed by atoms with Crippen LogP contribution in [-0.4, -0.2) is 7.11 Å². The maximum atomic E-state index is 8.88. The van der Waals surface area contributed by atoms with Gasteiger partial charge in [-0.25, -0.2) is 0 Å². The van der Waals surface area contributed by atoms with Gasteiger partial charge in [-0.2, -0.15) is 5.26 Å². The highest BCUT2D eigenvalue weighted by atomic mass is 32.1. The number of hydrogen-bond acceptors (Lipinski definition) is 5. The van der Waals surface area contributed by atoms with Gasteiger partial charge in [-0.1, -0.05) is 12.1 Å². The van der Waals surface area contributed by atoms with Crippen LogP contribution in [0.3, 0.4) is 0 Å². The summed E-state index contributed by atoms with van der Waals surface area (Å²) in [4.78, 5) is 0.546. The van der Waals surface area contributed by atoms with E-state index >= 15 is 0 Å². The predicted octanol–water partition coefficient (Wildman–Crippen LogP) is 3.38. The number of nitrogens with zero attached hydrogens (tertiary/aromatic N) is 1. The molecule has 98 valence electrons. The van der Waals surface area contributed by atoms with Crippen LogP contribution < -0.4 is 15.8 Å². The monoisotopic (exact) mass is 273 g/mol. The molecule has 1 aromatic carbocycles. The number of hydrogen-bond donors (Lipinski definition) is 2.